The van der Waals surface area contributed by atoms with Gasteiger partial charge in [0, 0.05) is 21.4 Å². The maximum atomic E-state index is 5.38. The van der Waals surface area contributed by atoms with Crippen molar-refractivity contribution in [2.45, 2.75) is 6.92 Å². The number of rotatable bonds is 3. The Kier molecular flexibility index (Phi) is 4.92. The van der Waals surface area contributed by atoms with Crippen LogP contribution in [0.25, 0.3) is 22.4 Å². The van der Waals surface area contributed by atoms with E-state index in [1.807, 2.05) is 54.6 Å². The Bertz CT molecular complexity index is 1100. The van der Waals surface area contributed by atoms with Gasteiger partial charge in [0.25, 0.3) is 0 Å². The third kappa shape index (κ3) is 4.18. The van der Waals surface area contributed by atoms with E-state index in [-0.39, 0.29) is 0 Å². The zero-order valence-electron chi connectivity index (χ0n) is 14.6. The molecular formula is C21H17BrN4S. The van der Waals surface area contributed by atoms with E-state index >= 15 is 0 Å². The molecule has 4 aromatic rings. The smallest absolute Gasteiger partial charge is 0.175 e. The number of aromatic amines is 1. The molecule has 0 bridgehead atoms. The van der Waals surface area contributed by atoms with Crippen LogP contribution >= 0.6 is 28.1 Å². The topological polar surface area (TPSA) is 52.7 Å². The van der Waals surface area contributed by atoms with Crippen LogP contribution in [0.1, 0.15) is 5.56 Å². The molecule has 1 heterocycles. The molecule has 0 radical (unpaired) electrons. The number of halogens is 1. The molecule has 3 aromatic carbocycles. The second kappa shape index (κ2) is 7.50. The second-order valence-corrected chi connectivity index (χ2v) is 7.59. The number of anilines is 2. The Balaban J connectivity index is 1.46. The summed E-state index contributed by atoms with van der Waals surface area (Å²) in [6.07, 6.45) is 0. The molecule has 0 saturated carbocycles. The van der Waals surface area contributed by atoms with E-state index in [0.717, 1.165) is 38.3 Å². The van der Waals surface area contributed by atoms with Crippen LogP contribution in [0.5, 0.6) is 0 Å². The number of hydrogen-bond acceptors (Lipinski definition) is 2. The van der Waals surface area contributed by atoms with E-state index in [9.17, 15) is 0 Å². The van der Waals surface area contributed by atoms with Crippen LogP contribution in [-0.2, 0) is 0 Å². The van der Waals surface area contributed by atoms with Crippen LogP contribution < -0.4 is 10.6 Å². The minimum Gasteiger partial charge on any atom is -0.338 e. The molecule has 4 nitrogen and oxygen atoms in total. The lowest BCUT2D eigenvalue weighted by Crippen LogP contribution is -2.18. The summed E-state index contributed by atoms with van der Waals surface area (Å²) in [5.74, 6) is 0.859. The van der Waals surface area contributed by atoms with Gasteiger partial charge in [0.05, 0.1) is 11.0 Å². The molecule has 3 N–H and O–H groups in total. The van der Waals surface area contributed by atoms with Crippen molar-refractivity contribution in [2.24, 2.45) is 0 Å². The van der Waals surface area contributed by atoms with Crippen molar-refractivity contribution < 1.29 is 0 Å². The number of nitrogens with one attached hydrogen (secondary N) is 3. The first-order valence-corrected chi connectivity index (χ1v) is 9.67. The summed E-state index contributed by atoms with van der Waals surface area (Å²) in [6.45, 7) is 2.08. The highest BCUT2D eigenvalue weighted by atomic mass is 79.9. The molecule has 0 aliphatic carbocycles. The van der Waals surface area contributed by atoms with Crippen LogP contribution in [0, 0.1) is 6.92 Å². The third-order valence-electron chi connectivity index (χ3n) is 4.16. The maximum absolute atomic E-state index is 5.38. The normalized spacial score (nSPS) is 10.7. The van der Waals surface area contributed by atoms with Gasteiger partial charge in [-0.2, -0.15) is 0 Å². The van der Waals surface area contributed by atoms with Gasteiger partial charge in [0.15, 0.2) is 5.11 Å². The fraction of sp³-hybridized carbons (Fsp3) is 0.0476. The fourth-order valence-electron chi connectivity index (χ4n) is 2.80. The van der Waals surface area contributed by atoms with Crippen molar-refractivity contribution in [3.05, 3.63) is 76.8 Å². The SMILES string of the molecule is Cc1ccc2nc(-c3ccc(NC(=S)Nc4ccc(Br)cc4)cc3)[nH]c2c1. The lowest BCUT2D eigenvalue weighted by molar-refractivity contribution is 1.34. The van der Waals surface area contributed by atoms with Gasteiger partial charge in [-0.05, 0) is 85.4 Å². The predicted octanol–water partition coefficient (Wildman–Crippen LogP) is 6.11. The van der Waals surface area contributed by atoms with Gasteiger partial charge < -0.3 is 15.6 Å². The van der Waals surface area contributed by atoms with Crippen molar-refractivity contribution >= 4 is 55.7 Å². The minimum atomic E-state index is 0.546. The van der Waals surface area contributed by atoms with Crippen molar-refractivity contribution in [1.82, 2.24) is 9.97 Å². The lowest BCUT2D eigenvalue weighted by atomic mass is 10.2. The predicted molar refractivity (Wildman–Crippen MR) is 120 cm³/mol. The highest BCUT2D eigenvalue weighted by Crippen LogP contribution is 2.23. The average Bonchev–Trinajstić information content (AvgIpc) is 3.07. The van der Waals surface area contributed by atoms with Gasteiger partial charge >= 0.3 is 0 Å². The van der Waals surface area contributed by atoms with Crippen LogP contribution in [0.2, 0.25) is 0 Å². The molecule has 0 amide bonds. The van der Waals surface area contributed by atoms with Gasteiger partial charge in [-0.1, -0.05) is 22.0 Å². The number of fused-ring (bicyclic) bond motifs is 1. The van der Waals surface area contributed by atoms with Crippen molar-refractivity contribution in [1.29, 1.82) is 0 Å². The van der Waals surface area contributed by atoms with Crippen LogP contribution in [0.4, 0.5) is 11.4 Å². The zero-order chi connectivity index (χ0) is 18.8. The molecule has 4 rings (SSSR count). The average molecular weight is 437 g/mol. The Hall–Kier alpha value is -2.70. The van der Waals surface area contributed by atoms with Crippen LogP contribution in [0.3, 0.4) is 0 Å². The zero-order valence-corrected chi connectivity index (χ0v) is 17.0. The summed E-state index contributed by atoms with van der Waals surface area (Å²) in [4.78, 5) is 8.04. The monoisotopic (exact) mass is 436 g/mol. The number of hydrogen-bond donors (Lipinski definition) is 3. The molecule has 0 unspecified atom stereocenters. The van der Waals surface area contributed by atoms with Gasteiger partial charge in [-0.15, -0.1) is 0 Å². The molecule has 0 spiro atoms. The first-order valence-electron chi connectivity index (χ1n) is 8.47. The summed E-state index contributed by atoms with van der Waals surface area (Å²) in [7, 11) is 0. The first kappa shape index (κ1) is 17.7. The third-order valence-corrected chi connectivity index (χ3v) is 4.89. The molecule has 134 valence electrons. The van der Waals surface area contributed by atoms with E-state index < -0.39 is 0 Å². The second-order valence-electron chi connectivity index (χ2n) is 6.27. The molecule has 0 saturated heterocycles. The molecule has 1 aromatic heterocycles. The molecule has 27 heavy (non-hydrogen) atoms. The number of benzene rings is 3. The van der Waals surface area contributed by atoms with E-state index in [1.54, 1.807) is 0 Å². The summed E-state index contributed by atoms with van der Waals surface area (Å²) >= 11 is 8.80. The lowest BCUT2D eigenvalue weighted by Gasteiger charge is -2.11. The van der Waals surface area contributed by atoms with Gasteiger partial charge in [-0.3, -0.25) is 0 Å². The summed E-state index contributed by atoms with van der Waals surface area (Å²) in [5, 5.41) is 6.91. The van der Waals surface area contributed by atoms with Crippen molar-refractivity contribution in [3.8, 4) is 11.4 Å². The summed E-state index contributed by atoms with van der Waals surface area (Å²) in [6, 6.07) is 22.1. The van der Waals surface area contributed by atoms with Crippen molar-refractivity contribution in [2.75, 3.05) is 10.6 Å². The van der Waals surface area contributed by atoms with Crippen LogP contribution in [-0.4, -0.2) is 15.1 Å². The largest absolute Gasteiger partial charge is 0.338 e. The Labute approximate surface area is 171 Å². The van der Waals surface area contributed by atoms with Gasteiger partial charge in [0.1, 0.15) is 5.82 Å². The standard InChI is InChI=1S/C21H17BrN4S/c1-13-2-11-18-19(12-13)26-20(25-18)14-3-7-16(8-4-14)23-21(27)24-17-9-5-15(22)6-10-17/h2-12H,1H3,(H,25,26)(H2,23,24,27). The quantitative estimate of drug-likeness (QED) is 0.339. The van der Waals surface area contributed by atoms with E-state index in [2.05, 4.69) is 55.6 Å². The summed E-state index contributed by atoms with van der Waals surface area (Å²) in [5.41, 5.74) is 6.11. The van der Waals surface area contributed by atoms with Crippen molar-refractivity contribution in [3.63, 3.8) is 0 Å². The number of aromatic nitrogens is 2. The fourth-order valence-corrected chi connectivity index (χ4v) is 3.30. The van der Waals surface area contributed by atoms with E-state index in [0.29, 0.717) is 5.11 Å². The summed E-state index contributed by atoms with van der Waals surface area (Å²) < 4.78 is 1.03. The van der Waals surface area contributed by atoms with Gasteiger partial charge in [0.2, 0.25) is 0 Å². The molecule has 0 aliphatic heterocycles. The van der Waals surface area contributed by atoms with E-state index in [4.69, 9.17) is 12.2 Å². The molecule has 0 fully saturated rings. The Morgan fingerprint density at radius 1 is 0.926 bits per heavy atom. The number of aryl methyl sites for hydroxylation is 1. The molecule has 6 heteroatoms. The minimum absolute atomic E-state index is 0.546. The Morgan fingerprint density at radius 3 is 2.22 bits per heavy atom. The number of thiocarbonyl (C=S) groups is 1. The molecule has 0 aliphatic rings. The Morgan fingerprint density at radius 2 is 1.56 bits per heavy atom. The highest BCUT2D eigenvalue weighted by Gasteiger charge is 2.06. The van der Waals surface area contributed by atoms with Gasteiger partial charge in [-0.25, -0.2) is 4.98 Å². The number of H-pyrrole nitrogens is 1. The maximum Gasteiger partial charge on any atom is 0.175 e. The highest BCUT2D eigenvalue weighted by molar-refractivity contribution is 9.10. The number of imidazole rings is 1. The number of nitrogens with zero attached hydrogens (tertiary/aromatic N) is 1. The van der Waals surface area contributed by atoms with Crippen LogP contribution in [0.15, 0.2) is 71.2 Å². The molecule has 0 atom stereocenters. The molecular weight excluding hydrogens is 420 g/mol. The first-order chi connectivity index (χ1) is 13.1. The van der Waals surface area contributed by atoms with E-state index in [1.165, 1.54) is 5.56 Å².